The summed E-state index contributed by atoms with van der Waals surface area (Å²) in [4.78, 5) is 64.3. The first-order valence-corrected chi connectivity index (χ1v) is 14.5. The first-order valence-electron chi connectivity index (χ1n) is 14.5. The van der Waals surface area contributed by atoms with Crippen molar-refractivity contribution in [2.75, 3.05) is 0 Å². The number of fused-ring (bicyclic) bond motifs is 1. The van der Waals surface area contributed by atoms with Gasteiger partial charge in [-0.25, -0.2) is 0 Å². The number of ketones is 2. The van der Waals surface area contributed by atoms with Gasteiger partial charge in [0.05, 0.1) is 18.8 Å². The summed E-state index contributed by atoms with van der Waals surface area (Å²) in [5.74, 6) is -6.38. The van der Waals surface area contributed by atoms with E-state index in [0.717, 1.165) is 13.8 Å². The summed E-state index contributed by atoms with van der Waals surface area (Å²) in [6.07, 6.45) is -6.26. The Bertz CT molecular complexity index is 1670. The van der Waals surface area contributed by atoms with Gasteiger partial charge in [-0.15, -0.1) is 0 Å². The Morgan fingerprint density at radius 1 is 0.696 bits per heavy atom. The van der Waals surface area contributed by atoms with E-state index < -0.39 is 76.1 Å². The van der Waals surface area contributed by atoms with E-state index in [1.807, 2.05) is 0 Å². The molecule has 12 nitrogen and oxygen atoms in total. The summed E-state index contributed by atoms with van der Waals surface area (Å²) in [5.41, 5.74) is 0.570. The average molecular weight is 630 g/mol. The highest BCUT2D eigenvalue weighted by molar-refractivity contribution is 6.52. The van der Waals surface area contributed by atoms with E-state index in [2.05, 4.69) is 0 Å². The molecule has 1 N–H and O–H groups in total. The van der Waals surface area contributed by atoms with E-state index in [1.54, 1.807) is 60.7 Å². The van der Waals surface area contributed by atoms with E-state index >= 15 is 0 Å². The third-order valence-corrected chi connectivity index (χ3v) is 7.91. The molecule has 2 aliphatic carbocycles. The highest BCUT2D eigenvalue weighted by atomic mass is 16.6. The van der Waals surface area contributed by atoms with Crippen molar-refractivity contribution in [2.24, 2.45) is 5.92 Å². The van der Waals surface area contributed by atoms with Gasteiger partial charge in [-0.3, -0.25) is 29.3 Å². The van der Waals surface area contributed by atoms with Crippen LogP contribution in [0.1, 0.15) is 40.9 Å². The zero-order chi connectivity index (χ0) is 33.0. The molecule has 6 atom stereocenters. The molecule has 12 heteroatoms. The van der Waals surface area contributed by atoms with Gasteiger partial charge in [0.1, 0.15) is 23.9 Å². The van der Waals surface area contributed by atoms with Gasteiger partial charge in [0.25, 0.3) is 6.04 Å². The Labute approximate surface area is 263 Å². The average Bonchev–Trinajstić information content (AvgIpc) is 3.04. The van der Waals surface area contributed by atoms with Crippen LogP contribution in [0.3, 0.4) is 0 Å². The van der Waals surface area contributed by atoms with Crippen LogP contribution in [0.4, 0.5) is 0 Å². The number of rotatable bonds is 10. The van der Waals surface area contributed by atoms with Crippen molar-refractivity contribution >= 4 is 29.3 Å². The molecule has 0 aromatic heterocycles. The molecule has 2 aliphatic rings. The minimum atomic E-state index is -1.96. The van der Waals surface area contributed by atoms with Crippen molar-refractivity contribution in [1.82, 2.24) is 0 Å². The zero-order valence-corrected chi connectivity index (χ0v) is 24.9. The number of nitro groups is 1. The van der Waals surface area contributed by atoms with Gasteiger partial charge in [0, 0.05) is 29.9 Å². The van der Waals surface area contributed by atoms with E-state index in [4.69, 9.17) is 18.9 Å². The van der Waals surface area contributed by atoms with E-state index in [-0.39, 0.29) is 24.3 Å². The SMILES string of the molecule is CC(=O)O[C@H]1[C@H](OCc2ccccc2)[C@@H](OC(C)=O)[C@H](C2=C(O)c3ccccc3C(=O)C2=O)[C@H]([N+](=O)[O-])[C@H]1OCc1ccccc1. The summed E-state index contributed by atoms with van der Waals surface area (Å²) < 4.78 is 23.7. The van der Waals surface area contributed by atoms with Gasteiger partial charge in [-0.1, -0.05) is 84.9 Å². The van der Waals surface area contributed by atoms with Gasteiger partial charge < -0.3 is 24.1 Å². The van der Waals surface area contributed by atoms with Crippen molar-refractivity contribution in [2.45, 2.75) is 57.5 Å². The molecule has 0 heterocycles. The minimum absolute atomic E-state index is 0.0172. The summed E-state index contributed by atoms with van der Waals surface area (Å²) in [6, 6.07) is 21.3. The molecule has 0 aliphatic heterocycles. The van der Waals surface area contributed by atoms with Crippen LogP contribution in [0.15, 0.2) is 90.5 Å². The number of ether oxygens (including phenoxy) is 4. The third-order valence-electron chi connectivity index (χ3n) is 7.91. The van der Waals surface area contributed by atoms with Crippen LogP contribution in [-0.2, 0) is 46.5 Å². The fourth-order valence-electron chi connectivity index (χ4n) is 6.03. The fourth-order valence-corrected chi connectivity index (χ4v) is 6.03. The normalized spacial score (nSPS) is 24.2. The molecule has 0 amide bonds. The fraction of sp³-hybridized carbons (Fsp3) is 0.294. The minimum Gasteiger partial charge on any atom is -0.507 e. The van der Waals surface area contributed by atoms with Gasteiger partial charge >= 0.3 is 11.9 Å². The lowest BCUT2D eigenvalue weighted by Gasteiger charge is -2.46. The van der Waals surface area contributed by atoms with E-state index in [9.17, 15) is 34.4 Å². The van der Waals surface area contributed by atoms with Gasteiger partial charge in [-0.05, 0) is 11.1 Å². The molecule has 238 valence electrons. The maximum atomic E-state index is 13.7. The molecular formula is C34H31NO11. The maximum Gasteiger partial charge on any atom is 0.303 e. The predicted octanol–water partition coefficient (Wildman–Crippen LogP) is 4.03. The molecule has 0 saturated heterocycles. The molecule has 5 rings (SSSR count). The quantitative estimate of drug-likeness (QED) is 0.149. The molecule has 3 aromatic carbocycles. The van der Waals surface area contributed by atoms with Crippen molar-refractivity contribution < 1.29 is 48.2 Å². The maximum absolute atomic E-state index is 13.7. The molecule has 46 heavy (non-hydrogen) atoms. The second-order valence-electron chi connectivity index (χ2n) is 10.9. The lowest BCUT2D eigenvalue weighted by Crippen LogP contribution is -2.67. The Hall–Kier alpha value is -5.20. The lowest BCUT2D eigenvalue weighted by atomic mass is 9.69. The van der Waals surface area contributed by atoms with Crippen LogP contribution >= 0.6 is 0 Å². The Balaban J connectivity index is 1.71. The number of benzene rings is 3. The van der Waals surface area contributed by atoms with Crippen molar-refractivity contribution in [3.05, 3.63) is 123 Å². The topological polar surface area (TPSA) is 169 Å². The molecule has 0 radical (unpaired) electrons. The number of carbonyl (C=O) groups is 4. The summed E-state index contributed by atoms with van der Waals surface area (Å²) in [5, 5.41) is 24.5. The molecule has 0 bridgehead atoms. The van der Waals surface area contributed by atoms with Crippen molar-refractivity contribution in [1.29, 1.82) is 0 Å². The van der Waals surface area contributed by atoms with Crippen LogP contribution in [-0.4, -0.2) is 64.0 Å². The predicted molar refractivity (Wildman–Crippen MR) is 161 cm³/mol. The van der Waals surface area contributed by atoms with E-state index in [0.29, 0.717) is 11.1 Å². The van der Waals surface area contributed by atoms with Gasteiger partial charge in [-0.2, -0.15) is 0 Å². The van der Waals surface area contributed by atoms with Crippen LogP contribution < -0.4 is 0 Å². The van der Waals surface area contributed by atoms with Gasteiger partial charge in [0.15, 0.2) is 12.2 Å². The second kappa shape index (κ2) is 13.8. The number of carbonyl (C=O) groups excluding carboxylic acids is 4. The summed E-state index contributed by atoms with van der Waals surface area (Å²) >= 11 is 0. The molecule has 1 fully saturated rings. The van der Waals surface area contributed by atoms with Crippen molar-refractivity contribution in [3.63, 3.8) is 0 Å². The third kappa shape index (κ3) is 6.58. The van der Waals surface area contributed by atoms with Crippen LogP contribution in [0.2, 0.25) is 0 Å². The highest BCUT2D eigenvalue weighted by Gasteiger charge is 2.64. The smallest absolute Gasteiger partial charge is 0.303 e. The highest BCUT2D eigenvalue weighted by Crippen LogP contribution is 2.44. The van der Waals surface area contributed by atoms with E-state index in [1.165, 1.54) is 24.3 Å². The Morgan fingerprint density at radius 2 is 1.17 bits per heavy atom. The Morgan fingerprint density at radius 3 is 1.70 bits per heavy atom. The van der Waals surface area contributed by atoms with Gasteiger partial charge in [0.2, 0.25) is 11.6 Å². The molecular weight excluding hydrogens is 598 g/mol. The number of hydrogen-bond donors (Lipinski definition) is 1. The number of Topliss-reactive ketones (excluding diaryl/α,β-unsaturated/α-hetero) is 2. The largest absolute Gasteiger partial charge is 0.507 e. The van der Waals surface area contributed by atoms with Crippen LogP contribution in [0, 0.1) is 16.0 Å². The summed E-state index contributed by atoms with van der Waals surface area (Å²) in [6.45, 7) is 1.86. The molecule has 0 unspecified atom stereocenters. The Kier molecular flexibility index (Phi) is 9.69. The first-order chi connectivity index (χ1) is 22.1. The second-order valence-corrected chi connectivity index (χ2v) is 10.9. The molecule has 1 saturated carbocycles. The zero-order valence-electron chi connectivity index (χ0n) is 24.9. The monoisotopic (exact) mass is 629 g/mol. The number of esters is 2. The van der Waals surface area contributed by atoms with Crippen LogP contribution in [0.25, 0.3) is 5.76 Å². The molecule has 3 aromatic rings. The number of nitrogens with zero attached hydrogens (tertiary/aromatic N) is 1. The lowest BCUT2D eigenvalue weighted by molar-refractivity contribution is -0.555. The standard InChI is InChI=1S/C34H31NO11/c1-19(36)45-31-25(26-28(38)23-15-9-10-16-24(23)29(39)30(26)40)27(35(41)42)32(43-17-21-11-5-3-6-12-21)34(46-20(2)37)33(31)44-18-22-13-7-4-8-14-22/h3-16,25,27,31-34,38H,17-18H2,1-2H3/t25-,27+,31+,32-,33-,34-/m1/s1. The number of aliphatic hydroxyl groups is 1. The number of aliphatic hydroxyl groups excluding tert-OH is 1. The summed E-state index contributed by atoms with van der Waals surface area (Å²) in [7, 11) is 0. The first kappa shape index (κ1) is 32.2. The van der Waals surface area contributed by atoms with Crippen molar-refractivity contribution in [3.8, 4) is 0 Å². The number of hydrogen-bond acceptors (Lipinski definition) is 11. The molecule has 0 spiro atoms. The van der Waals surface area contributed by atoms with Crippen LogP contribution in [0.5, 0.6) is 0 Å².